The van der Waals surface area contributed by atoms with E-state index in [4.69, 9.17) is 28.3 Å². The van der Waals surface area contributed by atoms with Crippen LogP contribution in [0.2, 0.25) is 10.0 Å². The standard InChI is InChI=1S/C17H12Cl2N2O4/c18-10-4-5-12(19)9(6-10)7-21-16(24)11-2-1-3-13(15(11)17(21)25)20-14(23)8-22/h1-6,22H,7-8H2,(H,20,23). The van der Waals surface area contributed by atoms with Gasteiger partial charge in [-0.1, -0.05) is 29.3 Å². The summed E-state index contributed by atoms with van der Waals surface area (Å²) in [5.74, 6) is -1.72. The van der Waals surface area contributed by atoms with Gasteiger partial charge in [0.15, 0.2) is 0 Å². The molecular formula is C17H12Cl2N2O4. The Hall–Kier alpha value is -2.41. The number of anilines is 1. The van der Waals surface area contributed by atoms with Crippen LogP contribution in [0.5, 0.6) is 0 Å². The molecule has 0 aliphatic carbocycles. The van der Waals surface area contributed by atoms with Gasteiger partial charge in [-0.15, -0.1) is 0 Å². The van der Waals surface area contributed by atoms with Gasteiger partial charge in [-0.25, -0.2) is 0 Å². The fourth-order valence-corrected chi connectivity index (χ4v) is 2.98. The summed E-state index contributed by atoms with van der Waals surface area (Å²) < 4.78 is 0. The first kappa shape index (κ1) is 17.4. The predicted molar refractivity (Wildman–Crippen MR) is 92.8 cm³/mol. The maximum Gasteiger partial charge on any atom is 0.263 e. The molecule has 0 saturated carbocycles. The molecule has 3 amide bonds. The van der Waals surface area contributed by atoms with E-state index in [1.165, 1.54) is 12.1 Å². The van der Waals surface area contributed by atoms with Crippen molar-refractivity contribution >= 4 is 46.6 Å². The van der Waals surface area contributed by atoms with Crippen LogP contribution < -0.4 is 5.32 Å². The van der Waals surface area contributed by atoms with Gasteiger partial charge in [0.1, 0.15) is 6.61 Å². The van der Waals surface area contributed by atoms with Crippen molar-refractivity contribution < 1.29 is 19.5 Å². The van der Waals surface area contributed by atoms with Crippen LogP contribution in [0.3, 0.4) is 0 Å². The summed E-state index contributed by atoms with van der Waals surface area (Å²) in [4.78, 5) is 37.8. The molecule has 2 aromatic rings. The van der Waals surface area contributed by atoms with Crippen molar-refractivity contribution in [3.05, 3.63) is 63.1 Å². The monoisotopic (exact) mass is 378 g/mol. The van der Waals surface area contributed by atoms with Crippen molar-refractivity contribution in [3.8, 4) is 0 Å². The first-order valence-electron chi connectivity index (χ1n) is 7.26. The number of carbonyl (C=O) groups excluding carboxylic acids is 3. The third kappa shape index (κ3) is 3.24. The Labute approximate surface area is 153 Å². The molecular weight excluding hydrogens is 367 g/mol. The highest BCUT2D eigenvalue weighted by atomic mass is 35.5. The number of fused-ring (bicyclic) bond motifs is 1. The molecule has 2 N–H and O–H groups in total. The Morgan fingerprint density at radius 1 is 1.12 bits per heavy atom. The van der Waals surface area contributed by atoms with Gasteiger partial charge in [0.2, 0.25) is 5.91 Å². The zero-order valence-electron chi connectivity index (χ0n) is 12.8. The van der Waals surface area contributed by atoms with Crippen molar-refractivity contribution in [2.45, 2.75) is 6.54 Å². The van der Waals surface area contributed by atoms with E-state index in [0.29, 0.717) is 15.6 Å². The van der Waals surface area contributed by atoms with Crippen LogP contribution in [-0.2, 0) is 11.3 Å². The number of carbonyl (C=O) groups is 3. The largest absolute Gasteiger partial charge is 0.387 e. The summed E-state index contributed by atoms with van der Waals surface area (Å²) in [6, 6.07) is 9.33. The fraction of sp³-hybridized carbons (Fsp3) is 0.118. The van der Waals surface area contributed by atoms with Gasteiger partial charge >= 0.3 is 0 Å². The van der Waals surface area contributed by atoms with Crippen LogP contribution in [0, 0.1) is 0 Å². The molecule has 1 aliphatic heterocycles. The molecule has 1 aliphatic rings. The number of nitrogens with zero attached hydrogens (tertiary/aromatic N) is 1. The molecule has 0 radical (unpaired) electrons. The van der Waals surface area contributed by atoms with Crippen LogP contribution >= 0.6 is 23.2 Å². The lowest BCUT2D eigenvalue weighted by Crippen LogP contribution is -2.29. The van der Waals surface area contributed by atoms with Gasteiger partial charge in [-0.3, -0.25) is 19.3 Å². The molecule has 0 bridgehead atoms. The number of aliphatic hydroxyl groups excluding tert-OH is 1. The average Bonchev–Trinajstić information content (AvgIpc) is 2.83. The number of amides is 3. The van der Waals surface area contributed by atoms with Crippen LogP contribution in [0.1, 0.15) is 26.3 Å². The Bertz CT molecular complexity index is 898. The van der Waals surface area contributed by atoms with E-state index in [0.717, 1.165) is 4.90 Å². The number of rotatable bonds is 4. The van der Waals surface area contributed by atoms with Gasteiger partial charge in [-0.05, 0) is 35.9 Å². The molecule has 2 aromatic carbocycles. The lowest BCUT2D eigenvalue weighted by atomic mass is 10.1. The molecule has 128 valence electrons. The van der Waals surface area contributed by atoms with Crippen LogP contribution in [0.25, 0.3) is 0 Å². The molecule has 1 heterocycles. The van der Waals surface area contributed by atoms with E-state index in [-0.39, 0.29) is 23.4 Å². The maximum absolute atomic E-state index is 12.7. The van der Waals surface area contributed by atoms with Crippen molar-refractivity contribution in [2.75, 3.05) is 11.9 Å². The predicted octanol–water partition coefficient (Wildman–Crippen LogP) is 2.72. The van der Waals surface area contributed by atoms with Gasteiger partial charge in [0.05, 0.1) is 23.4 Å². The second-order valence-electron chi connectivity index (χ2n) is 5.37. The summed E-state index contributed by atoms with van der Waals surface area (Å²) in [5, 5.41) is 12.1. The summed E-state index contributed by atoms with van der Waals surface area (Å²) in [6.07, 6.45) is 0. The minimum Gasteiger partial charge on any atom is -0.387 e. The number of hydrogen-bond donors (Lipinski definition) is 2. The SMILES string of the molecule is O=C(CO)Nc1cccc2c1C(=O)N(Cc1cc(Cl)ccc1Cl)C2=O. The minimum absolute atomic E-state index is 0.0425. The highest BCUT2D eigenvalue weighted by molar-refractivity contribution is 6.33. The number of halogens is 2. The minimum atomic E-state index is -0.729. The van der Waals surface area contributed by atoms with E-state index < -0.39 is 24.3 Å². The van der Waals surface area contributed by atoms with Crippen molar-refractivity contribution in [2.24, 2.45) is 0 Å². The van der Waals surface area contributed by atoms with Crippen molar-refractivity contribution in [1.29, 1.82) is 0 Å². The third-order valence-corrected chi connectivity index (χ3v) is 4.36. The Balaban J connectivity index is 1.96. The van der Waals surface area contributed by atoms with E-state index in [9.17, 15) is 14.4 Å². The van der Waals surface area contributed by atoms with E-state index >= 15 is 0 Å². The Morgan fingerprint density at radius 3 is 2.60 bits per heavy atom. The fourth-order valence-electron chi connectivity index (χ4n) is 2.61. The molecule has 0 saturated heterocycles. The molecule has 0 aromatic heterocycles. The molecule has 0 spiro atoms. The van der Waals surface area contributed by atoms with Crippen molar-refractivity contribution in [3.63, 3.8) is 0 Å². The first-order valence-corrected chi connectivity index (χ1v) is 8.02. The summed E-state index contributed by atoms with van der Waals surface area (Å²) in [5.41, 5.74) is 0.977. The molecule has 0 fully saturated rings. The number of imide groups is 1. The zero-order valence-corrected chi connectivity index (χ0v) is 14.3. The van der Waals surface area contributed by atoms with E-state index in [1.807, 2.05) is 0 Å². The van der Waals surface area contributed by atoms with Crippen LogP contribution in [0.4, 0.5) is 5.69 Å². The summed E-state index contributed by atoms with van der Waals surface area (Å²) >= 11 is 12.1. The topological polar surface area (TPSA) is 86.7 Å². The average molecular weight is 379 g/mol. The zero-order chi connectivity index (χ0) is 18.1. The summed E-state index contributed by atoms with van der Waals surface area (Å²) in [7, 11) is 0. The lowest BCUT2D eigenvalue weighted by molar-refractivity contribution is -0.118. The second-order valence-corrected chi connectivity index (χ2v) is 6.21. The molecule has 8 heteroatoms. The summed E-state index contributed by atoms with van der Waals surface area (Å²) in [6.45, 7) is -0.771. The third-order valence-electron chi connectivity index (χ3n) is 3.75. The van der Waals surface area contributed by atoms with Crippen LogP contribution in [-0.4, -0.2) is 34.3 Å². The van der Waals surface area contributed by atoms with E-state index in [1.54, 1.807) is 24.3 Å². The first-order chi connectivity index (χ1) is 11.9. The molecule has 6 nitrogen and oxygen atoms in total. The smallest absolute Gasteiger partial charge is 0.263 e. The Morgan fingerprint density at radius 2 is 1.88 bits per heavy atom. The number of benzene rings is 2. The quantitative estimate of drug-likeness (QED) is 0.800. The van der Waals surface area contributed by atoms with Gasteiger partial charge < -0.3 is 10.4 Å². The van der Waals surface area contributed by atoms with E-state index in [2.05, 4.69) is 5.32 Å². The number of nitrogens with one attached hydrogen (secondary N) is 1. The Kier molecular flexibility index (Phi) is 4.76. The molecule has 0 atom stereocenters. The van der Waals surface area contributed by atoms with Gasteiger partial charge in [-0.2, -0.15) is 0 Å². The normalized spacial score (nSPS) is 13.2. The molecule has 3 rings (SSSR count). The van der Waals surface area contributed by atoms with Crippen molar-refractivity contribution in [1.82, 2.24) is 4.90 Å². The maximum atomic E-state index is 12.7. The second kappa shape index (κ2) is 6.84. The number of hydrogen-bond acceptors (Lipinski definition) is 4. The molecule has 25 heavy (non-hydrogen) atoms. The molecule has 0 unspecified atom stereocenters. The lowest BCUT2D eigenvalue weighted by Gasteiger charge is -2.15. The highest BCUT2D eigenvalue weighted by Crippen LogP contribution is 2.32. The number of aliphatic hydroxyl groups is 1. The van der Waals surface area contributed by atoms with Crippen LogP contribution in [0.15, 0.2) is 36.4 Å². The van der Waals surface area contributed by atoms with Gasteiger partial charge in [0.25, 0.3) is 11.8 Å². The highest BCUT2D eigenvalue weighted by Gasteiger charge is 2.37. The van der Waals surface area contributed by atoms with Gasteiger partial charge in [0, 0.05) is 10.0 Å².